The zero-order chi connectivity index (χ0) is 10.8. The van der Waals surface area contributed by atoms with Crippen molar-refractivity contribution in [1.29, 1.82) is 0 Å². The van der Waals surface area contributed by atoms with Crippen LogP contribution < -0.4 is 5.32 Å². The van der Waals surface area contributed by atoms with Gasteiger partial charge >= 0.3 is 0 Å². The minimum atomic E-state index is -0.0722. The van der Waals surface area contributed by atoms with Crippen molar-refractivity contribution in [1.82, 2.24) is 15.5 Å². The minimum absolute atomic E-state index is 0.0722. The van der Waals surface area contributed by atoms with Crippen LogP contribution in [0.3, 0.4) is 0 Å². The van der Waals surface area contributed by atoms with Crippen molar-refractivity contribution in [2.24, 2.45) is 0 Å². The molecule has 0 aliphatic carbocycles. The van der Waals surface area contributed by atoms with Gasteiger partial charge in [0.25, 0.3) is 0 Å². The molecule has 1 unspecified atom stereocenters. The summed E-state index contributed by atoms with van der Waals surface area (Å²) in [5.41, 5.74) is -0.0722. The van der Waals surface area contributed by atoms with E-state index < -0.39 is 0 Å². The Balaban J connectivity index is 2.78. The second kappa shape index (κ2) is 4.09. The van der Waals surface area contributed by atoms with Crippen LogP contribution in [0.1, 0.15) is 52.4 Å². The van der Waals surface area contributed by atoms with Gasteiger partial charge in [-0.05, 0) is 13.5 Å². The Morgan fingerprint density at radius 2 is 2.00 bits per heavy atom. The van der Waals surface area contributed by atoms with Crippen LogP contribution in [-0.2, 0) is 5.41 Å². The summed E-state index contributed by atoms with van der Waals surface area (Å²) in [5.74, 6) is 1.36. The summed E-state index contributed by atoms with van der Waals surface area (Å²) in [6, 6.07) is 0.128. The summed E-state index contributed by atoms with van der Waals surface area (Å²) < 4.78 is 5.58. The monoisotopic (exact) mass is 197 g/mol. The van der Waals surface area contributed by atoms with Crippen molar-refractivity contribution in [2.45, 2.75) is 46.1 Å². The predicted molar refractivity (Wildman–Crippen MR) is 55.1 cm³/mol. The smallest absolute Gasteiger partial charge is 0.233 e. The first kappa shape index (κ1) is 11.2. The predicted octanol–water partition coefficient (Wildman–Crippen LogP) is 2.04. The minimum Gasteiger partial charge on any atom is -0.423 e. The molecule has 1 aromatic rings. The van der Waals surface area contributed by atoms with Crippen LogP contribution in [0.2, 0.25) is 0 Å². The Kier molecular flexibility index (Phi) is 3.26. The Labute approximate surface area is 85.1 Å². The van der Waals surface area contributed by atoms with Gasteiger partial charge in [-0.25, -0.2) is 0 Å². The molecule has 0 aliphatic rings. The molecule has 0 aliphatic heterocycles. The largest absolute Gasteiger partial charge is 0.423 e. The fourth-order valence-electron chi connectivity index (χ4n) is 1.11. The molecule has 4 nitrogen and oxygen atoms in total. The molecular formula is C10H19N3O. The molecule has 1 rings (SSSR count). The molecule has 0 saturated carbocycles. The van der Waals surface area contributed by atoms with Gasteiger partial charge in [0.2, 0.25) is 11.8 Å². The zero-order valence-corrected chi connectivity index (χ0v) is 9.59. The molecule has 0 amide bonds. The normalized spacial score (nSPS) is 14.4. The Morgan fingerprint density at radius 1 is 1.36 bits per heavy atom. The van der Waals surface area contributed by atoms with Gasteiger partial charge in [0.05, 0.1) is 6.04 Å². The van der Waals surface area contributed by atoms with E-state index in [-0.39, 0.29) is 11.5 Å². The van der Waals surface area contributed by atoms with Gasteiger partial charge in [0.1, 0.15) is 0 Å². The van der Waals surface area contributed by atoms with E-state index in [1.54, 1.807) is 0 Å². The first-order valence-corrected chi connectivity index (χ1v) is 5.02. The van der Waals surface area contributed by atoms with Gasteiger partial charge in [-0.1, -0.05) is 27.7 Å². The highest BCUT2D eigenvalue weighted by atomic mass is 16.4. The molecule has 0 radical (unpaired) electrons. The molecule has 4 heteroatoms. The standard InChI is InChI=1S/C10H19N3O/c1-6-11-7(2)8-12-13-9(14-8)10(3,4)5/h7,11H,6H2,1-5H3. The summed E-state index contributed by atoms with van der Waals surface area (Å²) in [6.45, 7) is 11.1. The maximum Gasteiger partial charge on any atom is 0.233 e. The highest BCUT2D eigenvalue weighted by Crippen LogP contribution is 2.22. The highest BCUT2D eigenvalue weighted by molar-refractivity contribution is 4.97. The lowest BCUT2D eigenvalue weighted by Crippen LogP contribution is -2.18. The van der Waals surface area contributed by atoms with Crippen molar-refractivity contribution >= 4 is 0 Å². The molecule has 0 spiro atoms. The summed E-state index contributed by atoms with van der Waals surface area (Å²) in [4.78, 5) is 0. The van der Waals surface area contributed by atoms with E-state index in [2.05, 4.69) is 43.2 Å². The van der Waals surface area contributed by atoms with E-state index in [0.29, 0.717) is 11.8 Å². The van der Waals surface area contributed by atoms with Crippen molar-refractivity contribution in [2.75, 3.05) is 6.54 Å². The van der Waals surface area contributed by atoms with E-state index >= 15 is 0 Å². The van der Waals surface area contributed by atoms with Gasteiger partial charge in [-0.15, -0.1) is 10.2 Å². The third-order valence-corrected chi connectivity index (χ3v) is 1.96. The molecule has 0 saturated heterocycles. The topological polar surface area (TPSA) is 51.0 Å². The van der Waals surface area contributed by atoms with Crippen LogP contribution in [-0.4, -0.2) is 16.7 Å². The van der Waals surface area contributed by atoms with Crippen molar-refractivity contribution < 1.29 is 4.42 Å². The maximum atomic E-state index is 5.58. The Hall–Kier alpha value is -0.900. The molecule has 1 N–H and O–H groups in total. The maximum absolute atomic E-state index is 5.58. The van der Waals surface area contributed by atoms with Crippen molar-refractivity contribution in [3.05, 3.63) is 11.8 Å². The van der Waals surface area contributed by atoms with Crippen LogP contribution in [0.15, 0.2) is 4.42 Å². The highest BCUT2D eigenvalue weighted by Gasteiger charge is 2.22. The molecule has 1 aromatic heterocycles. The van der Waals surface area contributed by atoms with E-state index in [1.807, 2.05) is 6.92 Å². The Bertz CT molecular complexity index is 288. The summed E-state index contributed by atoms with van der Waals surface area (Å²) >= 11 is 0. The number of hydrogen-bond donors (Lipinski definition) is 1. The molecule has 80 valence electrons. The van der Waals surface area contributed by atoms with E-state index in [4.69, 9.17) is 4.42 Å². The number of aromatic nitrogens is 2. The number of nitrogens with zero attached hydrogens (tertiary/aromatic N) is 2. The molecule has 14 heavy (non-hydrogen) atoms. The van der Waals surface area contributed by atoms with E-state index in [9.17, 15) is 0 Å². The summed E-state index contributed by atoms with van der Waals surface area (Å²) in [7, 11) is 0. The van der Waals surface area contributed by atoms with E-state index in [1.165, 1.54) is 0 Å². The lowest BCUT2D eigenvalue weighted by Gasteiger charge is -2.12. The number of hydrogen-bond acceptors (Lipinski definition) is 4. The van der Waals surface area contributed by atoms with Crippen LogP contribution in [0, 0.1) is 0 Å². The van der Waals surface area contributed by atoms with Crippen molar-refractivity contribution in [3.8, 4) is 0 Å². The second-order valence-corrected chi connectivity index (χ2v) is 4.47. The average Bonchev–Trinajstić information content (AvgIpc) is 2.51. The van der Waals surface area contributed by atoms with Crippen LogP contribution in [0.4, 0.5) is 0 Å². The molecule has 1 heterocycles. The van der Waals surface area contributed by atoms with Gasteiger partial charge < -0.3 is 9.73 Å². The quantitative estimate of drug-likeness (QED) is 0.805. The fourth-order valence-corrected chi connectivity index (χ4v) is 1.11. The number of nitrogens with one attached hydrogen (secondary N) is 1. The molecule has 1 atom stereocenters. The lowest BCUT2D eigenvalue weighted by molar-refractivity contribution is 0.347. The van der Waals surface area contributed by atoms with Gasteiger partial charge in [0.15, 0.2) is 0 Å². The first-order valence-electron chi connectivity index (χ1n) is 5.02. The summed E-state index contributed by atoms with van der Waals surface area (Å²) in [6.07, 6.45) is 0. The number of rotatable bonds is 3. The van der Waals surface area contributed by atoms with Crippen LogP contribution >= 0.6 is 0 Å². The molecular weight excluding hydrogens is 178 g/mol. The van der Waals surface area contributed by atoms with Crippen molar-refractivity contribution in [3.63, 3.8) is 0 Å². The lowest BCUT2D eigenvalue weighted by atomic mass is 9.97. The molecule has 0 bridgehead atoms. The van der Waals surface area contributed by atoms with Gasteiger partial charge in [-0.2, -0.15) is 0 Å². The van der Waals surface area contributed by atoms with Crippen LogP contribution in [0.5, 0.6) is 0 Å². The fraction of sp³-hybridized carbons (Fsp3) is 0.800. The van der Waals surface area contributed by atoms with Gasteiger partial charge in [0, 0.05) is 5.41 Å². The first-order chi connectivity index (χ1) is 6.45. The molecule has 0 aromatic carbocycles. The SMILES string of the molecule is CCNC(C)c1nnc(C(C)(C)C)o1. The third kappa shape index (κ3) is 2.54. The van der Waals surface area contributed by atoms with Crippen LogP contribution in [0.25, 0.3) is 0 Å². The van der Waals surface area contributed by atoms with Gasteiger partial charge in [-0.3, -0.25) is 0 Å². The third-order valence-electron chi connectivity index (χ3n) is 1.96. The second-order valence-electron chi connectivity index (χ2n) is 4.47. The zero-order valence-electron chi connectivity index (χ0n) is 9.59. The average molecular weight is 197 g/mol. The Morgan fingerprint density at radius 3 is 2.43 bits per heavy atom. The summed E-state index contributed by atoms with van der Waals surface area (Å²) in [5, 5.41) is 11.3. The van der Waals surface area contributed by atoms with E-state index in [0.717, 1.165) is 6.54 Å². The molecule has 0 fully saturated rings.